The number of aliphatic hydroxyl groups is 1. The van der Waals surface area contributed by atoms with Crippen molar-refractivity contribution in [3.05, 3.63) is 92.2 Å². The van der Waals surface area contributed by atoms with Crippen LogP contribution >= 0.6 is 22.9 Å². The number of pyridine rings is 1. The standard InChI is InChI=1S/C25H19ClN2O3S/c26-17-10-8-15(9-11-17)20-14-32-24(27-20)19-12-18-22(6-3-7-23(18)30)28(25(19)31)21-5-2-1-4-16(21)13-29/h1-2,4-5,8-12,14,29H,3,6-7,13H2. The number of carbonyl (C=O) groups excluding carboxylic acids is 1. The second-order valence-corrected chi connectivity index (χ2v) is 8.96. The molecule has 5 rings (SSSR count). The third kappa shape index (κ3) is 3.60. The fourth-order valence-corrected chi connectivity index (χ4v) is 5.08. The molecule has 4 aromatic rings. The predicted octanol–water partition coefficient (Wildman–Crippen LogP) is 5.29. The molecule has 0 spiro atoms. The minimum atomic E-state index is -0.239. The maximum absolute atomic E-state index is 13.7. The number of thiazole rings is 1. The van der Waals surface area contributed by atoms with Gasteiger partial charge in [-0.3, -0.25) is 14.2 Å². The van der Waals surface area contributed by atoms with Crippen LogP contribution in [0.1, 0.15) is 34.5 Å². The fourth-order valence-electron chi connectivity index (χ4n) is 4.11. The largest absolute Gasteiger partial charge is 0.392 e. The van der Waals surface area contributed by atoms with Crippen molar-refractivity contribution in [1.82, 2.24) is 9.55 Å². The maximum Gasteiger partial charge on any atom is 0.265 e. The van der Waals surface area contributed by atoms with Gasteiger partial charge in [-0.25, -0.2) is 4.98 Å². The van der Waals surface area contributed by atoms with E-state index in [1.54, 1.807) is 34.9 Å². The molecule has 7 heteroatoms. The Hall–Kier alpha value is -3.06. The van der Waals surface area contributed by atoms with Gasteiger partial charge < -0.3 is 5.11 Å². The molecule has 1 aliphatic carbocycles. The highest BCUT2D eigenvalue weighted by Gasteiger charge is 2.26. The topological polar surface area (TPSA) is 72.2 Å². The molecule has 1 N–H and O–H groups in total. The van der Waals surface area contributed by atoms with Crippen molar-refractivity contribution in [3.63, 3.8) is 0 Å². The van der Waals surface area contributed by atoms with Gasteiger partial charge in [0, 0.05) is 39.2 Å². The number of aromatic nitrogens is 2. The summed E-state index contributed by atoms with van der Waals surface area (Å²) in [5.74, 6) is 0.0252. The van der Waals surface area contributed by atoms with E-state index in [1.165, 1.54) is 11.3 Å². The van der Waals surface area contributed by atoms with Crippen LogP contribution in [0.5, 0.6) is 0 Å². The summed E-state index contributed by atoms with van der Waals surface area (Å²) in [6.45, 7) is -0.201. The van der Waals surface area contributed by atoms with Gasteiger partial charge in [0.1, 0.15) is 5.01 Å². The Bertz CT molecular complexity index is 1390. The number of hydrogen-bond acceptors (Lipinski definition) is 5. The summed E-state index contributed by atoms with van der Waals surface area (Å²) in [6, 6.07) is 16.3. The van der Waals surface area contributed by atoms with Crippen molar-refractivity contribution in [2.45, 2.75) is 25.9 Å². The lowest BCUT2D eigenvalue weighted by Gasteiger charge is -2.22. The van der Waals surface area contributed by atoms with Crippen LogP contribution < -0.4 is 5.56 Å². The lowest BCUT2D eigenvalue weighted by Crippen LogP contribution is -2.29. The number of para-hydroxylation sites is 1. The predicted molar refractivity (Wildman–Crippen MR) is 127 cm³/mol. The van der Waals surface area contributed by atoms with Crippen LogP contribution in [-0.2, 0) is 13.0 Å². The number of ketones is 1. The number of hydrogen-bond donors (Lipinski definition) is 1. The van der Waals surface area contributed by atoms with E-state index in [9.17, 15) is 14.7 Å². The molecule has 0 saturated carbocycles. The van der Waals surface area contributed by atoms with Crippen molar-refractivity contribution in [3.8, 4) is 27.5 Å². The smallest absolute Gasteiger partial charge is 0.265 e. The van der Waals surface area contributed by atoms with E-state index in [4.69, 9.17) is 16.6 Å². The number of fused-ring (bicyclic) bond motifs is 1. The van der Waals surface area contributed by atoms with Gasteiger partial charge in [0.2, 0.25) is 0 Å². The number of aliphatic hydroxyl groups excluding tert-OH is 1. The first-order valence-corrected chi connectivity index (χ1v) is 11.6. The molecular formula is C25H19ClN2O3S. The molecule has 0 saturated heterocycles. The molecule has 5 nitrogen and oxygen atoms in total. The summed E-state index contributed by atoms with van der Waals surface area (Å²) in [4.78, 5) is 31.2. The third-order valence-electron chi connectivity index (χ3n) is 5.70. The Morgan fingerprint density at radius 2 is 1.81 bits per heavy atom. The zero-order valence-corrected chi connectivity index (χ0v) is 18.6. The summed E-state index contributed by atoms with van der Waals surface area (Å²) >= 11 is 7.35. The minimum absolute atomic E-state index is 0.0252. The van der Waals surface area contributed by atoms with Gasteiger partial charge in [0.25, 0.3) is 5.56 Å². The second kappa shape index (κ2) is 8.47. The zero-order chi connectivity index (χ0) is 22.2. The van der Waals surface area contributed by atoms with Crippen LogP contribution in [-0.4, -0.2) is 20.4 Å². The highest BCUT2D eigenvalue weighted by atomic mass is 35.5. The van der Waals surface area contributed by atoms with E-state index in [1.807, 2.05) is 29.6 Å². The molecule has 0 fully saturated rings. The molecule has 2 heterocycles. The van der Waals surface area contributed by atoms with Crippen LogP contribution in [0, 0.1) is 0 Å². The molecule has 0 aliphatic heterocycles. The summed E-state index contributed by atoms with van der Waals surface area (Å²) in [5, 5.41) is 12.9. The number of rotatable bonds is 4. The number of halogens is 1. The number of benzene rings is 2. The quantitative estimate of drug-likeness (QED) is 0.447. The highest BCUT2D eigenvalue weighted by Crippen LogP contribution is 2.32. The molecule has 0 radical (unpaired) electrons. The van der Waals surface area contributed by atoms with Crippen molar-refractivity contribution < 1.29 is 9.90 Å². The molecule has 0 atom stereocenters. The fraction of sp³-hybridized carbons (Fsp3) is 0.160. The lowest BCUT2D eigenvalue weighted by molar-refractivity contribution is 0.0971. The van der Waals surface area contributed by atoms with Gasteiger partial charge in [-0.15, -0.1) is 11.3 Å². The highest BCUT2D eigenvalue weighted by molar-refractivity contribution is 7.13. The Morgan fingerprint density at radius 1 is 1.03 bits per heavy atom. The first-order chi connectivity index (χ1) is 15.6. The summed E-state index contributed by atoms with van der Waals surface area (Å²) in [5.41, 5.74) is 4.28. The van der Waals surface area contributed by atoms with Crippen molar-refractivity contribution in [2.24, 2.45) is 0 Å². The molecule has 0 amide bonds. The Balaban J connectivity index is 1.73. The van der Waals surface area contributed by atoms with Crippen molar-refractivity contribution >= 4 is 28.7 Å². The molecule has 2 aromatic heterocycles. The third-order valence-corrected chi connectivity index (χ3v) is 6.83. The Kier molecular flexibility index (Phi) is 5.51. The molecule has 1 aliphatic rings. The lowest BCUT2D eigenvalue weighted by atomic mass is 9.92. The monoisotopic (exact) mass is 462 g/mol. The van der Waals surface area contributed by atoms with Crippen molar-refractivity contribution in [2.75, 3.05) is 0 Å². The van der Waals surface area contributed by atoms with Crippen molar-refractivity contribution in [1.29, 1.82) is 0 Å². The van der Waals surface area contributed by atoms with Gasteiger partial charge >= 0.3 is 0 Å². The minimum Gasteiger partial charge on any atom is -0.392 e. The van der Waals surface area contributed by atoms with E-state index in [0.29, 0.717) is 57.4 Å². The maximum atomic E-state index is 13.7. The molecule has 0 unspecified atom stereocenters. The van der Waals surface area contributed by atoms with Gasteiger partial charge in [0.05, 0.1) is 23.6 Å². The number of Topliss-reactive ketones (excluding diaryl/α,β-unsaturated/α-hetero) is 1. The van der Waals surface area contributed by atoms with E-state index >= 15 is 0 Å². The SMILES string of the molecule is O=C1CCCc2c1cc(-c1nc(-c3ccc(Cl)cc3)cs1)c(=O)n2-c1ccccc1CO. The number of carbonyl (C=O) groups is 1. The first kappa shape index (κ1) is 20.8. The molecule has 32 heavy (non-hydrogen) atoms. The first-order valence-electron chi connectivity index (χ1n) is 10.3. The van der Waals surface area contributed by atoms with E-state index in [0.717, 1.165) is 11.3 Å². The Labute approximate surface area is 193 Å². The summed E-state index contributed by atoms with van der Waals surface area (Å²) in [7, 11) is 0. The summed E-state index contributed by atoms with van der Waals surface area (Å²) < 4.78 is 1.59. The molecule has 160 valence electrons. The molecular weight excluding hydrogens is 444 g/mol. The average Bonchev–Trinajstić information content (AvgIpc) is 3.29. The van der Waals surface area contributed by atoms with E-state index < -0.39 is 0 Å². The van der Waals surface area contributed by atoms with Crippen LogP contribution in [0.2, 0.25) is 5.02 Å². The van der Waals surface area contributed by atoms with Gasteiger partial charge in [-0.1, -0.05) is 41.9 Å². The van der Waals surface area contributed by atoms with E-state index in [-0.39, 0.29) is 17.9 Å². The van der Waals surface area contributed by atoms with Crippen LogP contribution in [0.4, 0.5) is 0 Å². The summed E-state index contributed by atoms with van der Waals surface area (Å²) in [6.07, 6.45) is 1.79. The average molecular weight is 463 g/mol. The zero-order valence-electron chi connectivity index (χ0n) is 17.0. The van der Waals surface area contributed by atoms with E-state index in [2.05, 4.69) is 0 Å². The normalized spacial score (nSPS) is 13.2. The number of nitrogens with zero attached hydrogens (tertiary/aromatic N) is 2. The Morgan fingerprint density at radius 3 is 2.59 bits per heavy atom. The van der Waals surface area contributed by atoms with Crippen LogP contribution in [0.25, 0.3) is 27.5 Å². The van der Waals surface area contributed by atoms with Crippen LogP contribution in [0.15, 0.2) is 64.8 Å². The van der Waals surface area contributed by atoms with Gasteiger partial charge in [0.15, 0.2) is 5.78 Å². The molecule has 2 aromatic carbocycles. The van der Waals surface area contributed by atoms with Gasteiger partial charge in [-0.05, 0) is 37.1 Å². The van der Waals surface area contributed by atoms with Crippen LogP contribution in [0.3, 0.4) is 0 Å². The van der Waals surface area contributed by atoms with Gasteiger partial charge in [-0.2, -0.15) is 0 Å². The second-order valence-electron chi connectivity index (χ2n) is 7.67. The molecule has 0 bridgehead atoms.